The van der Waals surface area contributed by atoms with Gasteiger partial charge in [0.1, 0.15) is 0 Å². The lowest BCUT2D eigenvalue weighted by Crippen LogP contribution is -2.34. The highest BCUT2D eigenvalue weighted by Gasteiger charge is 2.42. The zero-order valence-corrected chi connectivity index (χ0v) is 12.2. The molecular formula is C13H14INO3. The largest absolute Gasteiger partial charge is 0.481 e. The van der Waals surface area contributed by atoms with E-state index in [2.05, 4.69) is 22.6 Å². The minimum Gasteiger partial charge on any atom is -0.481 e. The Morgan fingerprint density at radius 2 is 1.94 bits per heavy atom. The third-order valence-corrected chi connectivity index (χ3v) is 4.09. The summed E-state index contributed by atoms with van der Waals surface area (Å²) in [6.07, 6.45) is 0.512. The summed E-state index contributed by atoms with van der Waals surface area (Å²) in [5, 5.41) is 9.14. The third kappa shape index (κ3) is 2.50. The molecule has 0 saturated carbocycles. The third-order valence-electron chi connectivity index (χ3n) is 3.37. The van der Waals surface area contributed by atoms with Crippen molar-refractivity contribution in [1.29, 1.82) is 0 Å². The van der Waals surface area contributed by atoms with Crippen molar-refractivity contribution in [1.82, 2.24) is 4.90 Å². The lowest BCUT2D eigenvalue weighted by Gasteiger charge is -2.20. The van der Waals surface area contributed by atoms with Gasteiger partial charge in [0.2, 0.25) is 0 Å². The molecule has 5 heteroatoms. The van der Waals surface area contributed by atoms with Crippen LogP contribution in [-0.4, -0.2) is 35.0 Å². The Labute approximate surface area is 119 Å². The van der Waals surface area contributed by atoms with E-state index in [1.165, 1.54) is 0 Å². The van der Waals surface area contributed by atoms with Crippen LogP contribution in [0.15, 0.2) is 24.3 Å². The van der Waals surface area contributed by atoms with E-state index in [-0.39, 0.29) is 12.5 Å². The van der Waals surface area contributed by atoms with E-state index in [9.17, 15) is 9.59 Å². The number of carbonyl (C=O) groups is 2. The first kappa shape index (κ1) is 13.3. The SMILES string of the molecule is CC1(C(=O)O)CCN(C(=O)c2ccc(I)cc2)C1. The maximum absolute atomic E-state index is 12.2. The molecule has 0 spiro atoms. The number of carboxylic acids is 1. The number of carbonyl (C=O) groups excluding carboxylic acids is 1. The van der Waals surface area contributed by atoms with Crippen LogP contribution >= 0.6 is 22.6 Å². The number of benzene rings is 1. The van der Waals surface area contributed by atoms with Crippen molar-refractivity contribution in [3.8, 4) is 0 Å². The molecule has 1 heterocycles. The van der Waals surface area contributed by atoms with Crippen LogP contribution < -0.4 is 0 Å². The Hall–Kier alpha value is -1.11. The van der Waals surface area contributed by atoms with Gasteiger partial charge >= 0.3 is 5.97 Å². The summed E-state index contributed by atoms with van der Waals surface area (Å²) in [5.74, 6) is -0.920. The van der Waals surface area contributed by atoms with E-state index in [1.54, 1.807) is 24.0 Å². The number of hydrogen-bond donors (Lipinski definition) is 1. The van der Waals surface area contributed by atoms with Gasteiger partial charge in [0.15, 0.2) is 0 Å². The van der Waals surface area contributed by atoms with Crippen LogP contribution in [-0.2, 0) is 4.79 Å². The van der Waals surface area contributed by atoms with E-state index >= 15 is 0 Å². The maximum atomic E-state index is 12.2. The minimum absolute atomic E-state index is 0.0867. The Bertz CT molecular complexity index is 486. The summed E-state index contributed by atoms with van der Waals surface area (Å²) >= 11 is 2.18. The van der Waals surface area contributed by atoms with E-state index in [1.807, 2.05) is 12.1 Å². The van der Waals surface area contributed by atoms with Crippen molar-refractivity contribution in [2.75, 3.05) is 13.1 Å². The zero-order chi connectivity index (χ0) is 13.3. The fraction of sp³-hybridized carbons (Fsp3) is 0.385. The number of likely N-dealkylation sites (tertiary alicyclic amines) is 1. The van der Waals surface area contributed by atoms with Crippen LogP contribution in [0.2, 0.25) is 0 Å². The van der Waals surface area contributed by atoms with Gasteiger partial charge in [-0.1, -0.05) is 0 Å². The van der Waals surface area contributed by atoms with Crippen LogP contribution in [0.3, 0.4) is 0 Å². The van der Waals surface area contributed by atoms with Crippen LogP contribution in [0, 0.1) is 8.99 Å². The Morgan fingerprint density at radius 1 is 1.33 bits per heavy atom. The van der Waals surface area contributed by atoms with Gasteiger partial charge in [-0.15, -0.1) is 0 Å². The topological polar surface area (TPSA) is 57.6 Å². The van der Waals surface area contributed by atoms with Crippen molar-refractivity contribution in [3.63, 3.8) is 0 Å². The van der Waals surface area contributed by atoms with E-state index in [4.69, 9.17) is 5.11 Å². The van der Waals surface area contributed by atoms with Gasteiger partial charge in [-0.05, 0) is 60.2 Å². The highest BCUT2D eigenvalue weighted by atomic mass is 127. The number of amides is 1. The maximum Gasteiger partial charge on any atom is 0.311 e. The standard InChI is InChI=1S/C13H14INO3/c1-13(12(17)18)6-7-15(8-13)11(16)9-2-4-10(14)5-3-9/h2-5H,6-8H2,1H3,(H,17,18). The molecule has 4 nitrogen and oxygen atoms in total. The fourth-order valence-corrected chi connectivity index (χ4v) is 2.44. The normalized spacial score (nSPS) is 23.1. The van der Waals surface area contributed by atoms with Crippen LogP contribution in [0.5, 0.6) is 0 Å². The monoisotopic (exact) mass is 359 g/mol. The molecule has 1 unspecified atom stereocenters. The molecule has 1 fully saturated rings. The predicted octanol–water partition coefficient (Wildman–Crippen LogP) is 2.23. The Kier molecular flexibility index (Phi) is 3.61. The molecule has 18 heavy (non-hydrogen) atoms. The van der Waals surface area contributed by atoms with Gasteiger partial charge in [0.05, 0.1) is 5.41 Å². The minimum atomic E-state index is -0.833. The number of rotatable bonds is 2. The summed E-state index contributed by atoms with van der Waals surface area (Å²) in [4.78, 5) is 25.0. The molecule has 96 valence electrons. The second-order valence-corrected chi connectivity index (χ2v) is 6.10. The van der Waals surface area contributed by atoms with Gasteiger partial charge in [0.25, 0.3) is 5.91 Å². The first-order valence-electron chi connectivity index (χ1n) is 5.71. The van der Waals surface area contributed by atoms with E-state index in [0.29, 0.717) is 18.5 Å². The molecule has 1 aromatic carbocycles. The second-order valence-electron chi connectivity index (χ2n) is 4.85. The van der Waals surface area contributed by atoms with Crippen molar-refractivity contribution >= 4 is 34.5 Å². The van der Waals surface area contributed by atoms with Crippen LogP contribution in [0.25, 0.3) is 0 Å². The van der Waals surface area contributed by atoms with Crippen LogP contribution in [0.4, 0.5) is 0 Å². The molecule has 0 aliphatic carbocycles. The first-order chi connectivity index (χ1) is 8.42. The van der Waals surface area contributed by atoms with Crippen molar-refractivity contribution in [3.05, 3.63) is 33.4 Å². The van der Waals surface area contributed by atoms with Crippen molar-refractivity contribution in [2.45, 2.75) is 13.3 Å². The molecule has 2 rings (SSSR count). The summed E-state index contributed by atoms with van der Waals surface area (Å²) in [7, 11) is 0. The zero-order valence-electron chi connectivity index (χ0n) is 10.0. The second kappa shape index (κ2) is 4.87. The molecule has 1 atom stereocenters. The highest BCUT2D eigenvalue weighted by Crippen LogP contribution is 2.31. The number of nitrogens with zero attached hydrogens (tertiary/aromatic N) is 1. The molecule has 0 aromatic heterocycles. The van der Waals surface area contributed by atoms with E-state index in [0.717, 1.165) is 3.57 Å². The van der Waals surface area contributed by atoms with Gasteiger partial charge in [0, 0.05) is 22.2 Å². The lowest BCUT2D eigenvalue weighted by atomic mass is 9.90. The predicted molar refractivity (Wildman–Crippen MR) is 75.4 cm³/mol. The summed E-state index contributed by atoms with van der Waals surface area (Å²) in [6.45, 7) is 2.48. The lowest BCUT2D eigenvalue weighted by molar-refractivity contribution is -0.147. The number of hydrogen-bond acceptors (Lipinski definition) is 2. The average molecular weight is 359 g/mol. The van der Waals surface area contributed by atoms with Crippen molar-refractivity contribution in [2.24, 2.45) is 5.41 Å². The Morgan fingerprint density at radius 3 is 2.44 bits per heavy atom. The summed E-state index contributed by atoms with van der Waals surface area (Å²) < 4.78 is 1.07. The molecule has 0 radical (unpaired) electrons. The quantitative estimate of drug-likeness (QED) is 0.824. The molecular weight excluding hydrogens is 345 g/mol. The van der Waals surface area contributed by atoms with Gasteiger partial charge in [-0.25, -0.2) is 0 Å². The van der Waals surface area contributed by atoms with E-state index < -0.39 is 11.4 Å². The molecule has 1 N–H and O–H groups in total. The summed E-state index contributed by atoms with van der Waals surface area (Å²) in [6, 6.07) is 7.31. The number of halogens is 1. The molecule has 1 aliphatic rings. The fourth-order valence-electron chi connectivity index (χ4n) is 2.08. The molecule has 1 aromatic rings. The molecule has 1 amide bonds. The molecule has 1 aliphatic heterocycles. The van der Waals surface area contributed by atoms with Gasteiger partial charge in [-0.2, -0.15) is 0 Å². The molecule has 0 bridgehead atoms. The smallest absolute Gasteiger partial charge is 0.311 e. The molecule has 1 saturated heterocycles. The number of carboxylic acid groups (broad SMARTS) is 1. The average Bonchev–Trinajstić information content (AvgIpc) is 2.73. The first-order valence-corrected chi connectivity index (χ1v) is 6.78. The Balaban J connectivity index is 2.12. The summed E-state index contributed by atoms with van der Waals surface area (Å²) in [5.41, 5.74) is -0.191. The van der Waals surface area contributed by atoms with Crippen molar-refractivity contribution < 1.29 is 14.7 Å². The van der Waals surface area contributed by atoms with Gasteiger partial charge < -0.3 is 10.0 Å². The highest BCUT2D eigenvalue weighted by molar-refractivity contribution is 14.1. The van der Waals surface area contributed by atoms with Crippen LogP contribution in [0.1, 0.15) is 23.7 Å². The number of aliphatic carboxylic acids is 1. The van der Waals surface area contributed by atoms with Gasteiger partial charge in [-0.3, -0.25) is 9.59 Å².